The fourth-order valence-corrected chi connectivity index (χ4v) is 4.36. The molecule has 1 unspecified atom stereocenters. The van der Waals surface area contributed by atoms with Crippen molar-refractivity contribution in [3.63, 3.8) is 0 Å². The third-order valence-electron chi connectivity index (χ3n) is 4.24. The van der Waals surface area contributed by atoms with Crippen LogP contribution in [0.3, 0.4) is 0 Å². The summed E-state index contributed by atoms with van der Waals surface area (Å²) in [7, 11) is -0.0591. The molecule has 27 heavy (non-hydrogen) atoms. The molecule has 148 valence electrons. The predicted octanol–water partition coefficient (Wildman–Crippen LogP) is 1.38. The number of sulfonamides is 1. The average molecular weight is 394 g/mol. The van der Waals surface area contributed by atoms with Gasteiger partial charge in [0.1, 0.15) is 10.6 Å². The lowest BCUT2D eigenvalue weighted by Crippen LogP contribution is -2.46. The smallest absolute Gasteiger partial charge is 0.246 e. The average Bonchev–Trinajstić information content (AvgIpc) is 2.94. The summed E-state index contributed by atoms with van der Waals surface area (Å²) in [5.41, 5.74) is 1.32. The number of aryl methyl sites for hydroxylation is 2. The van der Waals surface area contributed by atoms with Crippen LogP contribution in [0.15, 0.2) is 39.8 Å². The van der Waals surface area contributed by atoms with Gasteiger partial charge in [-0.25, -0.2) is 8.42 Å². The van der Waals surface area contributed by atoms with Gasteiger partial charge in [0.05, 0.1) is 12.1 Å². The maximum atomic E-state index is 12.5. The minimum atomic E-state index is -3.91. The number of hydrogen-bond acceptors (Lipinski definition) is 6. The molecule has 0 aliphatic rings. The van der Waals surface area contributed by atoms with Crippen LogP contribution < -0.4 is 10.0 Å². The molecule has 1 heterocycles. The van der Waals surface area contributed by atoms with Gasteiger partial charge in [-0.15, -0.1) is 0 Å². The Morgan fingerprint density at radius 2 is 1.85 bits per heavy atom. The highest BCUT2D eigenvalue weighted by molar-refractivity contribution is 7.89. The highest BCUT2D eigenvalue weighted by Crippen LogP contribution is 2.19. The van der Waals surface area contributed by atoms with Crippen LogP contribution in [0.1, 0.15) is 30.0 Å². The van der Waals surface area contributed by atoms with E-state index in [1.54, 1.807) is 0 Å². The van der Waals surface area contributed by atoms with E-state index in [1.807, 2.05) is 49.3 Å². The zero-order chi connectivity index (χ0) is 20.2. The lowest BCUT2D eigenvalue weighted by molar-refractivity contribution is -0.122. The van der Waals surface area contributed by atoms with E-state index in [2.05, 4.69) is 15.2 Å². The van der Waals surface area contributed by atoms with Crippen LogP contribution in [-0.2, 0) is 14.8 Å². The van der Waals surface area contributed by atoms with Crippen molar-refractivity contribution in [2.45, 2.75) is 37.8 Å². The Labute approximate surface area is 160 Å². The van der Waals surface area contributed by atoms with Gasteiger partial charge >= 0.3 is 0 Å². The monoisotopic (exact) mass is 394 g/mol. The van der Waals surface area contributed by atoms with Gasteiger partial charge in [0.2, 0.25) is 15.9 Å². The van der Waals surface area contributed by atoms with Crippen molar-refractivity contribution < 1.29 is 17.7 Å². The molecular formula is C18H26N4O4S. The molecule has 0 fully saturated rings. The highest BCUT2D eigenvalue weighted by Gasteiger charge is 2.28. The van der Waals surface area contributed by atoms with Gasteiger partial charge in [0.15, 0.2) is 5.76 Å². The summed E-state index contributed by atoms with van der Waals surface area (Å²) in [4.78, 5) is 14.4. The van der Waals surface area contributed by atoms with E-state index in [1.165, 1.54) is 20.8 Å². The van der Waals surface area contributed by atoms with Crippen molar-refractivity contribution in [2.24, 2.45) is 0 Å². The minimum absolute atomic E-state index is 0.0264. The third-order valence-corrected chi connectivity index (χ3v) is 6.02. The number of aromatic nitrogens is 1. The van der Waals surface area contributed by atoms with Gasteiger partial charge in [-0.2, -0.15) is 4.72 Å². The Balaban J connectivity index is 2.03. The van der Waals surface area contributed by atoms with Crippen LogP contribution in [-0.4, -0.2) is 51.1 Å². The van der Waals surface area contributed by atoms with E-state index in [-0.39, 0.29) is 22.4 Å². The number of carbonyl (C=O) groups is 1. The molecule has 0 aliphatic carbocycles. The maximum Gasteiger partial charge on any atom is 0.246 e. The van der Waals surface area contributed by atoms with Crippen LogP contribution in [0.2, 0.25) is 0 Å². The van der Waals surface area contributed by atoms with Crippen molar-refractivity contribution in [2.75, 3.05) is 20.6 Å². The van der Waals surface area contributed by atoms with Crippen molar-refractivity contribution in [1.29, 1.82) is 0 Å². The van der Waals surface area contributed by atoms with Crippen LogP contribution in [0.5, 0.6) is 0 Å². The first-order valence-corrected chi connectivity index (χ1v) is 10.1. The molecule has 2 aromatic rings. The quantitative estimate of drug-likeness (QED) is 0.701. The molecule has 2 rings (SSSR count). The number of rotatable bonds is 8. The van der Waals surface area contributed by atoms with E-state index in [4.69, 9.17) is 4.52 Å². The first-order valence-electron chi connectivity index (χ1n) is 8.57. The Morgan fingerprint density at radius 3 is 2.37 bits per heavy atom. The number of carbonyl (C=O) groups excluding carboxylic acids is 1. The summed E-state index contributed by atoms with van der Waals surface area (Å²) in [6.07, 6.45) is 0. The summed E-state index contributed by atoms with van der Waals surface area (Å²) < 4.78 is 32.3. The molecule has 1 amide bonds. The number of hydrogen-bond donors (Lipinski definition) is 2. The summed E-state index contributed by atoms with van der Waals surface area (Å²) in [5.74, 6) is -0.225. The molecule has 9 heteroatoms. The first-order chi connectivity index (χ1) is 12.6. The maximum absolute atomic E-state index is 12.5. The fourth-order valence-electron chi connectivity index (χ4n) is 2.83. The van der Waals surface area contributed by atoms with E-state index < -0.39 is 22.0 Å². The Kier molecular flexibility index (Phi) is 6.74. The van der Waals surface area contributed by atoms with Gasteiger partial charge in [0, 0.05) is 6.54 Å². The number of likely N-dealkylation sites (N-methyl/N-ethyl adjacent to an activating group) is 1. The Bertz CT molecular complexity index is 859. The summed E-state index contributed by atoms with van der Waals surface area (Å²) in [6.45, 7) is 4.91. The predicted molar refractivity (Wildman–Crippen MR) is 102 cm³/mol. The Morgan fingerprint density at radius 1 is 1.22 bits per heavy atom. The zero-order valence-corrected chi connectivity index (χ0v) is 17.0. The third kappa shape index (κ3) is 5.15. The lowest BCUT2D eigenvalue weighted by atomic mass is 10.1. The second-order valence-electron chi connectivity index (χ2n) is 6.63. The molecule has 0 spiro atoms. The van der Waals surface area contributed by atoms with Crippen LogP contribution in [0.25, 0.3) is 0 Å². The molecular weight excluding hydrogens is 368 g/mol. The van der Waals surface area contributed by atoms with Crippen LogP contribution >= 0.6 is 0 Å². The highest BCUT2D eigenvalue weighted by atomic mass is 32.2. The van der Waals surface area contributed by atoms with Gasteiger partial charge in [-0.3, -0.25) is 4.79 Å². The second-order valence-corrected chi connectivity index (χ2v) is 8.28. The molecule has 1 aromatic carbocycles. The van der Waals surface area contributed by atoms with Crippen LogP contribution in [0.4, 0.5) is 0 Å². The number of nitrogens with zero attached hydrogens (tertiary/aromatic N) is 2. The molecule has 0 aliphatic heterocycles. The van der Waals surface area contributed by atoms with Gasteiger partial charge in [0.25, 0.3) is 0 Å². The van der Waals surface area contributed by atoms with E-state index in [0.29, 0.717) is 6.54 Å². The SMILES string of the molecule is Cc1noc(C)c1S(=O)(=O)N[C@@H](C)C(=O)NCC(c1ccccc1)N(C)C. The summed E-state index contributed by atoms with van der Waals surface area (Å²) >= 11 is 0. The molecule has 8 nitrogen and oxygen atoms in total. The molecule has 2 atom stereocenters. The molecule has 1 aromatic heterocycles. The number of nitrogens with one attached hydrogen (secondary N) is 2. The second kappa shape index (κ2) is 8.64. The molecule has 0 saturated carbocycles. The largest absolute Gasteiger partial charge is 0.360 e. The standard InChI is InChI=1S/C18H26N4O4S/c1-12-17(14(3)26-20-12)27(24,25)21-13(2)18(23)19-11-16(22(4)5)15-9-7-6-8-10-15/h6-10,13,16,21H,11H2,1-5H3,(H,19,23)/t13-,16?/m0/s1. The minimum Gasteiger partial charge on any atom is -0.360 e. The van der Waals surface area contributed by atoms with Gasteiger partial charge in [-0.1, -0.05) is 35.5 Å². The van der Waals surface area contributed by atoms with E-state index in [0.717, 1.165) is 5.56 Å². The van der Waals surface area contributed by atoms with Crippen molar-refractivity contribution in [3.05, 3.63) is 47.3 Å². The van der Waals surface area contributed by atoms with Crippen molar-refractivity contribution in [3.8, 4) is 0 Å². The molecule has 0 radical (unpaired) electrons. The summed E-state index contributed by atoms with van der Waals surface area (Å²) in [5, 5.41) is 6.46. The zero-order valence-electron chi connectivity index (χ0n) is 16.2. The van der Waals surface area contributed by atoms with Crippen LogP contribution in [0, 0.1) is 13.8 Å². The Hall–Kier alpha value is -2.23. The van der Waals surface area contributed by atoms with E-state index in [9.17, 15) is 13.2 Å². The van der Waals surface area contributed by atoms with Crippen molar-refractivity contribution in [1.82, 2.24) is 20.1 Å². The van der Waals surface area contributed by atoms with Crippen molar-refractivity contribution >= 4 is 15.9 Å². The lowest BCUT2D eigenvalue weighted by Gasteiger charge is -2.26. The number of benzene rings is 1. The normalized spacial score (nSPS) is 14.1. The topological polar surface area (TPSA) is 105 Å². The number of amides is 1. The summed E-state index contributed by atoms with van der Waals surface area (Å²) in [6, 6.07) is 8.81. The fraction of sp³-hybridized carbons (Fsp3) is 0.444. The van der Waals surface area contributed by atoms with E-state index >= 15 is 0 Å². The van der Waals surface area contributed by atoms with Gasteiger partial charge in [-0.05, 0) is 40.4 Å². The first kappa shape index (κ1) is 21.1. The molecule has 0 saturated heterocycles. The molecule has 2 N–H and O–H groups in total. The molecule has 0 bridgehead atoms. The van der Waals surface area contributed by atoms with Gasteiger partial charge < -0.3 is 14.7 Å².